The molecule has 0 radical (unpaired) electrons. The highest BCUT2D eigenvalue weighted by Crippen LogP contribution is 2.13. The van der Waals surface area contributed by atoms with Gasteiger partial charge in [0.05, 0.1) is 0 Å². The molecule has 0 aliphatic carbocycles. The first kappa shape index (κ1) is 21.2. The molecule has 25 heavy (non-hydrogen) atoms. The summed E-state index contributed by atoms with van der Waals surface area (Å²) >= 11 is 0. The van der Waals surface area contributed by atoms with Gasteiger partial charge in [-0.3, -0.25) is 9.59 Å². The second kappa shape index (κ2) is 13.5. The smallest absolute Gasteiger partial charge is 0.329 e. The Morgan fingerprint density at radius 1 is 0.840 bits per heavy atom. The van der Waals surface area contributed by atoms with Gasteiger partial charge in [-0.25, -0.2) is 0 Å². The van der Waals surface area contributed by atoms with Gasteiger partial charge < -0.3 is 4.84 Å². The van der Waals surface area contributed by atoms with Crippen LogP contribution in [0.2, 0.25) is 0 Å². The fourth-order valence-electron chi connectivity index (χ4n) is 2.82. The first-order chi connectivity index (χ1) is 12.1. The van der Waals surface area contributed by atoms with Crippen molar-refractivity contribution in [2.45, 2.75) is 84.5 Å². The molecule has 0 bridgehead atoms. The molecule has 4 nitrogen and oxygen atoms in total. The van der Waals surface area contributed by atoms with E-state index in [0.717, 1.165) is 6.42 Å². The predicted octanol–water partition coefficient (Wildman–Crippen LogP) is 5.36. The Kier molecular flexibility index (Phi) is 11.4. The van der Waals surface area contributed by atoms with E-state index < -0.39 is 11.9 Å². The minimum absolute atomic E-state index is 0.402. The van der Waals surface area contributed by atoms with Crippen LogP contribution in [0.1, 0.15) is 94.0 Å². The van der Waals surface area contributed by atoms with Gasteiger partial charge in [0.1, 0.15) is 0 Å². The van der Waals surface area contributed by atoms with Crippen molar-refractivity contribution in [2.24, 2.45) is 0 Å². The molecular weight excluding hydrogens is 314 g/mol. The number of rotatable bonds is 12. The topological polar surface area (TPSA) is 55.4 Å². The largest absolute Gasteiger partial charge is 0.341 e. The van der Waals surface area contributed by atoms with Gasteiger partial charge in [-0.1, -0.05) is 76.8 Å². The molecule has 0 heterocycles. The van der Waals surface area contributed by atoms with Crippen molar-refractivity contribution in [2.75, 3.05) is 0 Å². The second-order valence-corrected chi connectivity index (χ2v) is 6.65. The molecule has 4 heteroatoms. The van der Waals surface area contributed by atoms with Crippen LogP contribution in [-0.4, -0.2) is 11.9 Å². The van der Waals surface area contributed by atoms with Gasteiger partial charge in [0, 0.05) is 12.5 Å². The van der Waals surface area contributed by atoms with Crippen molar-refractivity contribution in [1.82, 2.24) is 5.48 Å². The second-order valence-electron chi connectivity index (χ2n) is 6.65. The van der Waals surface area contributed by atoms with Crippen molar-refractivity contribution in [3.8, 4) is 0 Å². The minimum Gasteiger partial charge on any atom is -0.341 e. The molecule has 0 saturated carbocycles. The van der Waals surface area contributed by atoms with Crippen LogP contribution < -0.4 is 5.48 Å². The SMILES string of the molecule is CCCCCCCCCCCCc1ccc(C(=O)NOC(C)=O)cc1. The number of carbonyl (C=O) groups excluding carboxylic acids is 2. The summed E-state index contributed by atoms with van der Waals surface area (Å²) in [5, 5.41) is 0. The van der Waals surface area contributed by atoms with E-state index in [2.05, 4.69) is 17.2 Å². The fraction of sp³-hybridized carbons (Fsp3) is 0.619. The molecular formula is C21H33NO3. The average molecular weight is 347 g/mol. The number of benzene rings is 1. The number of hydrogen-bond donors (Lipinski definition) is 1. The van der Waals surface area contributed by atoms with Crippen LogP contribution in [0.4, 0.5) is 0 Å². The molecule has 0 spiro atoms. The highest BCUT2D eigenvalue weighted by molar-refractivity contribution is 5.94. The molecule has 0 fully saturated rings. The van der Waals surface area contributed by atoms with Crippen molar-refractivity contribution in [3.05, 3.63) is 35.4 Å². The van der Waals surface area contributed by atoms with Crippen LogP contribution in [0.25, 0.3) is 0 Å². The lowest BCUT2D eigenvalue weighted by Gasteiger charge is -2.06. The van der Waals surface area contributed by atoms with Gasteiger partial charge in [0.2, 0.25) is 0 Å². The number of aryl methyl sites for hydroxylation is 1. The lowest BCUT2D eigenvalue weighted by Crippen LogP contribution is -2.25. The first-order valence-electron chi connectivity index (χ1n) is 9.70. The zero-order valence-electron chi connectivity index (χ0n) is 15.8. The molecule has 0 aliphatic rings. The average Bonchev–Trinajstić information content (AvgIpc) is 2.61. The Bertz CT molecular complexity index is 496. The summed E-state index contributed by atoms with van der Waals surface area (Å²) < 4.78 is 0. The number of nitrogens with one attached hydrogen (secondary N) is 1. The lowest BCUT2D eigenvalue weighted by molar-refractivity contribution is -0.146. The van der Waals surface area contributed by atoms with Crippen LogP contribution in [0.15, 0.2) is 24.3 Å². The predicted molar refractivity (Wildman–Crippen MR) is 101 cm³/mol. The Hall–Kier alpha value is -1.84. The maximum absolute atomic E-state index is 11.7. The van der Waals surface area contributed by atoms with Crippen LogP contribution in [0, 0.1) is 0 Å². The van der Waals surface area contributed by atoms with Crippen molar-refractivity contribution in [1.29, 1.82) is 0 Å². The third kappa shape index (κ3) is 10.6. The molecule has 1 N–H and O–H groups in total. The molecule has 1 aromatic carbocycles. The van der Waals surface area contributed by atoms with Crippen molar-refractivity contribution in [3.63, 3.8) is 0 Å². The van der Waals surface area contributed by atoms with Gasteiger partial charge >= 0.3 is 5.97 Å². The van der Waals surface area contributed by atoms with Gasteiger partial charge in [-0.2, -0.15) is 5.48 Å². The van der Waals surface area contributed by atoms with E-state index in [9.17, 15) is 9.59 Å². The number of amides is 1. The molecule has 0 saturated heterocycles. The Balaban J connectivity index is 2.09. The minimum atomic E-state index is -0.536. The van der Waals surface area contributed by atoms with Gasteiger partial charge in [-0.05, 0) is 30.5 Å². The van der Waals surface area contributed by atoms with Crippen LogP contribution in [0.3, 0.4) is 0 Å². The number of hydrogen-bond acceptors (Lipinski definition) is 3. The van der Waals surface area contributed by atoms with Gasteiger partial charge in [0.25, 0.3) is 5.91 Å². The highest BCUT2D eigenvalue weighted by Gasteiger charge is 2.06. The van der Waals surface area contributed by atoms with E-state index in [0.29, 0.717) is 5.56 Å². The number of carbonyl (C=O) groups is 2. The van der Waals surface area contributed by atoms with E-state index in [-0.39, 0.29) is 0 Å². The quantitative estimate of drug-likeness (QED) is 0.409. The summed E-state index contributed by atoms with van der Waals surface area (Å²) in [6.07, 6.45) is 14.4. The maximum Gasteiger partial charge on any atom is 0.329 e. The summed E-state index contributed by atoms with van der Waals surface area (Å²) in [6.45, 7) is 3.50. The summed E-state index contributed by atoms with van der Waals surface area (Å²) in [5.41, 5.74) is 3.85. The molecule has 0 aliphatic heterocycles. The molecule has 1 rings (SSSR count). The molecule has 1 aromatic rings. The third-order valence-corrected chi connectivity index (χ3v) is 4.32. The van der Waals surface area contributed by atoms with E-state index in [1.165, 1.54) is 76.7 Å². The first-order valence-corrected chi connectivity index (χ1v) is 9.70. The summed E-state index contributed by atoms with van der Waals surface area (Å²) in [6, 6.07) is 7.47. The van der Waals surface area contributed by atoms with Crippen molar-refractivity contribution >= 4 is 11.9 Å². The molecule has 0 unspecified atom stereocenters. The normalized spacial score (nSPS) is 10.5. The van der Waals surface area contributed by atoms with E-state index >= 15 is 0 Å². The number of hydroxylamine groups is 1. The third-order valence-electron chi connectivity index (χ3n) is 4.32. The van der Waals surface area contributed by atoms with Gasteiger partial charge in [-0.15, -0.1) is 0 Å². The summed E-state index contributed by atoms with van der Waals surface area (Å²) in [7, 11) is 0. The Labute approximate surface area is 152 Å². The van der Waals surface area contributed by atoms with Crippen molar-refractivity contribution < 1.29 is 14.4 Å². The van der Waals surface area contributed by atoms with Crippen LogP contribution in [-0.2, 0) is 16.1 Å². The maximum atomic E-state index is 11.7. The Morgan fingerprint density at radius 2 is 1.36 bits per heavy atom. The van der Waals surface area contributed by atoms with E-state index in [1.54, 1.807) is 12.1 Å². The van der Waals surface area contributed by atoms with Crippen LogP contribution in [0.5, 0.6) is 0 Å². The van der Waals surface area contributed by atoms with E-state index in [1.807, 2.05) is 12.1 Å². The monoisotopic (exact) mass is 347 g/mol. The molecule has 0 aromatic heterocycles. The summed E-state index contributed by atoms with van der Waals surface area (Å²) in [4.78, 5) is 26.9. The molecule has 1 amide bonds. The zero-order valence-corrected chi connectivity index (χ0v) is 15.8. The zero-order chi connectivity index (χ0) is 18.3. The van der Waals surface area contributed by atoms with E-state index in [4.69, 9.17) is 0 Å². The lowest BCUT2D eigenvalue weighted by atomic mass is 10.0. The van der Waals surface area contributed by atoms with Crippen LogP contribution >= 0.6 is 0 Å². The van der Waals surface area contributed by atoms with Gasteiger partial charge in [0.15, 0.2) is 0 Å². The Morgan fingerprint density at radius 3 is 1.88 bits per heavy atom. The summed E-state index contributed by atoms with van der Waals surface area (Å²) in [5.74, 6) is -0.938. The molecule has 0 atom stereocenters. The standard InChI is InChI=1S/C21H33NO3/c1-3-4-5-6-7-8-9-10-11-12-13-19-14-16-20(17-15-19)21(24)22-25-18(2)23/h14-17H,3-13H2,1-2H3,(H,22,24). The number of unbranched alkanes of at least 4 members (excludes halogenated alkanes) is 9. The fourth-order valence-corrected chi connectivity index (χ4v) is 2.82. The highest BCUT2D eigenvalue weighted by atomic mass is 16.7. The molecule has 140 valence electrons.